The Hall–Kier alpha value is -1.06. The first kappa shape index (κ1) is 16.0. The van der Waals surface area contributed by atoms with Crippen LogP contribution in [0.4, 0.5) is 4.79 Å². The zero-order chi connectivity index (χ0) is 14.6. The molecule has 1 rings (SSSR count). The van der Waals surface area contributed by atoms with Gasteiger partial charge in [0, 0.05) is 25.4 Å². The van der Waals surface area contributed by atoms with Gasteiger partial charge in [-0.1, -0.05) is 26.7 Å². The Kier molecular flexibility index (Phi) is 5.39. The van der Waals surface area contributed by atoms with Crippen molar-refractivity contribution in [1.82, 2.24) is 4.90 Å². The molecule has 2 atom stereocenters. The van der Waals surface area contributed by atoms with Gasteiger partial charge in [0.1, 0.15) is 11.4 Å². The molecule has 19 heavy (non-hydrogen) atoms. The molecule has 0 saturated carbocycles. The Balaban J connectivity index is 2.63. The van der Waals surface area contributed by atoms with Crippen LogP contribution in [0.5, 0.6) is 0 Å². The summed E-state index contributed by atoms with van der Waals surface area (Å²) in [7, 11) is 0. The number of ether oxygens (including phenoxy) is 1. The van der Waals surface area contributed by atoms with Gasteiger partial charge in [0.05, 0.1) is 0 Å². The summed E-state index contributed by atoms with van der Waals surface area (Å²) in [6.45, 7) is 10.8. The third kappa shape index (κ3) is 4.84. The molecule has 4 heteroatoms. The molecule has 0 aromatic carbocycles. The van der Waals surface area contributed by atoms with Crippen LogP contribution in [0.1, 0.15) is 53.9 Å². The van der Waals surface area contributed by atoms with Crippen molar-refractivity contribution in [1.29, 1.82) is 0 Å². The van der Waals surface area contributed by atoms with Crippen LogP contribution < -0.4 is 0 Å². The second kappa shape index (κ2) is 6.40. The van der Waals surface area contributed by atoms with E-state index in [9.17, 15) is 9.59 Å². The highest BCUT2D eigenvalue weighted by molar-refractivity contribution is 5.84. The van der Waals surface area contributed by atoms with Gasteiger partial charge >= 0.3 is 6.09 Å². The second-order valence-corrected chi connectivity index (χ2v) is 6.52. The second-order valence-electron chi connectivity index (χ2n) is 6.52. The van der Waals surface area contributed by atoms with Crippen LogP contribution in [-0.4, -0.2) is 35.5 Å². The van der Waals surface area contributed by atoms with Crippen molar-refractivity contribution in [3.63, 3.8) is 0 Å². The molecule has 0 bridgehead atoms. The van der Waals surface area contributed by atoms with Crippen molar-refractivity contribution in [2.75, 3.05) is 13.1 Å². The summed E-state index contributed by atoms with van der Waals surface area (Å²) in [4.78, 5) is 25.7. The summed E-state index contributed by atoms with van der Waals surface area (Å²) >= 11 is 0. The van der Waals surface area contributed by atoms with E-state index in [-0.39, 0.29) is 12.0 Å². The van der Waals surface area contributed by atoms with Gasteiger partial charge in [-0.15, -0.1) is 0 Å². The molecule has 1 fully saturated rings. The van der Waals surface area contributed by atoms with E-state index in [0.29, 0.717) is 31.2 Å². The van der Waals surface area contributed by atoms with Gasteiger partial charge in [-0.3, -0.25) is 4.79 Å². The fourth-order valence-corrected chi connectivity index (χ4v) is 2.51. The van der Waals surface area contributed by atoms with E-state index in [1.165, 1.54) is 0 Å². The molecule has 1 saturated heterocycles. The molecule has 4 nitrogen and oxygen atoms in total. The number of Topliss-reactive ketones (excluding diaryl/α,β-unsaturated/α-hetero) is 1. The van der Waals surface area contributed by atoms with Gasteiger partial charge < -0.3 is 9.64 Å². The van der Waals surface area contributed by atoms with Crippen molar-refractivity contribution in [3.05, 3.63) is 0 Å². The number of nitrogens with zero attached hydrogens (tertiary/aromatic N) is 1. The van der Waals surface area contributed by atoms with Crippen molar-refractivity contribution < 1.29 is 14.3 Å². The minimum Gasteiger partial charge on any atom is -0.444 e. The van der Waals surface area contributed by atoms with Crippen LogP contribution in [0.15, 0.2) is 0 Å². The number of piperidine rings is 1. The van der Waals surface area contributed by atoms with Crippen molar-refractivity contribution in [3.8, 4) is 0 Å². The maximum absolute atomic E-state index is 12.0. The van der Waals surface area contributed by atoms with Crippen LogP contribution in [0.3, 0.4) is 0 Å². The normalized spacial score (nSPS) is 22.3. The summed E-state index contributed by atoms with van der Waals surface area (Å²) in [6, 6.07) is 0. The average Bonchev–Trinajstić information content (AvgIpc) is 2.27. The van der Waals surface area contributed by atoms with Crippen molar-refractivity contribution in [2.24, 2.45) is 11.8 Å². The third-order valence-corrected chi connectivity index (χ3v) is 3.54. The van der Waals surface area contributed by atoms with E-state index in [0.717, 1.165) is 12.8 Å². The molecule has 2 unspecified atom stereocenters. The number of carbonyl (C=O) groups excluding carboxylic acids is 2. The number of likely N-dealkylation sites (tertiary alicyclic amines) is 1. The van der Waals surface area contributed by atoms with Gasteiger partial charge in [0.2, 0.25) is 0 Å². The van der Waals surface area contributed by atoms with Crippen LogP contribution in [-0.2, 0) is 9.53 Å². The Morgan fingerprint density at radius 2 is 2.11 bits per heavy atom. The maximum Gasteiger partial charge on any atom is 0.410 e. The van der Waals surface area contributed by atoms with E-state index < -0.39 is 5.60 Å². The van der Waals surface area contributed by atoms with Crippen molar-refractivity contribution in [2.45, 2.75) is 59.5 Å². The molecule has 1 amide bonds. The van der Waals surface area contributed by atoms with E-state index in [1.54, 1.807) is 4.90 Å². The lowest BCUT2D eigenvalue weighted by molar-refractivity contribution is -0.127. The SMILES string of the molecule is CCCC(C)C1CN(C(=O)OC(C)(C)C)CCC1=O. The minimum atomic E-state index is -0.483. The van der Waals surface area contributed by atoms with E-state index in [2.05, 4.69) is 13.8 Å². The summed E-state index contributed by atoms with van der Waals surface area (Å²) < 4.78 is 5.38. The lowest BCUT2D eigenvalue weighted by Crippen LogP contribution is -2.47. The van der Waals surface area contributed by atoms with Crippen molar-refractivity contribution >= 4 is 11.9 Å². The van der Waals surface area contributed by atoms with Gasteiger partial charge in [-0.2, -0.15) is 0 Å². The fourth-order valence-electron chi connectivity index (χ4n) is 2.51. The van der Waals surface area contributed by atoms with Gasteiger partial charge in [0.15, 0.2) is 0 Å². The number of amides is 1. The molecule has 0 aromatic rings. The lowest BCUT2D eigenvalue weighted by atomic mass is 9.83. The van der Waals surface area contributed by atoms with Crippen LogP contribution in [0, 0.1) is 11.8 Å². The van der Waals surface area contributed by atoms with Crippen LogP contribution in [0.25, 0.3) is 0 Å². The predicted octanol–water partition coefficient (Wildman–Crippen LogP) is 3.25. The van der Waals surface area contributed by atoms with Crippen LogP contribution in [0.2, 0.25) is 0 Å². The Morgan fingerprint density at radius 3 is 2.63 bits per heavy atom. The van der Waals surface area contributed by atoms with E-state index in [1.807, 2.05) is 20.8 Å². The number of carbonyl (C=O) groups is 2. The first-order valence-corrected chi connectivity index (χ1v) is 7.25. The topological polar surface area (TPSA) is 46.6 Å². The Labute approximate surface area is 116 Å². The summed E-state index contributed by atoms with van der Waals surface area (Å²) in [5.74, 6) is 0.602. The maximum atomic E-state index is 12.0. The quantitative estimate of drug-likeness (QED) is 0.790. The number of ketones is 1. The zero-order valence-corrected chi connectivity index (χ0v) is 12.9. The molecule has 0 radical (unpaired) electrons. The lowest BCUT2D eigenvalue weighted by Gasteiger charge is -2.35. The number of rotatable bonds is 3. The highest BCUT2D eigenvalue weighted by Gasteiger charge is 2.34. The standard InChI is InChI=1S/C15H27NO3/c1-6-7-11(2)12-10-16(9-8-13(12)17)14(18)19-15(3,4)5/h11-12H,6-10H2,1-5H3. The minimum absolute atomic E-state index is 0.0266. The first-order valence-electron chi connectivity index (χ1n) is 7.25. The van der Waals surface area contributed by atoms with Gasteiger partial charge in [-0.05, 0) is 26.7 Å². The Bertz CT molecular complexity index is 333. The molecular formula is C15H27NO3. The smallest absolute Gasteiger partial charge is 0.410 e. The average molecular weight is 269 g/mol. The predicted molar refractivity (Wildman–Crippen MR) is 75.0 cm³/mol. The molecule has 0 aromatic heterocycles. The van der Waals surface area contributed by atoms with Crippen LogP contribution >= 0.6 is 0 Å². The molecule has 1 aliphatic heterocycles. The summed E-state index contributed by atoms with van der Waals surface area (Å²) in [5.41, 5.74) is -0.483. The molecule has 1 aliphatic rings. The third-order valence-electron chi connectivity index (χ3n) is 3.54. The zero-order valence-electron chi connectivity index (χ0n) is 12.9. The highest BCUT2D eigenvalue weighted by Crippen LogP contribution is 2.25. The van der Waals surface area contributed by atoms with E-state index >= 15 is 0 Å². The molecule has 0 N–H and O–H groups in total. The fraction of sp³-hybridized carbons (Fsp3) is 0.867. The first-order chi connectivity index (χ1) is 8.74. The van der Waals surface area contributed by atoms with E-state index in [4.69, 9.17) is 4.74 Å². The summed E-state index contributed by atoms with van der Waals surface area (Å²) in [6.07, 6.45) is 2.25. The molecule has 0 aliphatic carbocycles. The molecule has 1 heterocycles. The number of hydrogen-bond acceptors (Lipinski definition) is 3. The summed E-state index contributed by atoms with van der Waals surface area (Å²) in [5, 5.41) is 0. The largest absolute Gasteiger partial charge is 0.444 e. The molecule has 0 spiro atoms. The highest BCUT2D eigenvalue weighted by atomic mass is 16.6. The number of hydrogen-bond donors (Lipinski definition) is 0. The molecule has 110 valence electrons. The Morgan fingerprint density at radius 1 is 1.47 bits per heavy atom. The monoisotopic (exact) mass is 269 g/mol. The van der Waals surface area contributed by atoms with Gasteiger partial charge in [0.25, 0.3) is 0 Å². The molecular weight excluding hydrogens is 242 g/mol. The van der Waals surface area contributed by atoms with Gasteiger partial charge in [-0.25, -0.2) is 4.79 Å².